The Morgan fingerprint density at radius 2 is 2.28 bits per heavy atom. The molecule has 25 heavy (non-hydrogen) atoms. The first-order valence-corrected chi connectivity index (χ1v) is 8.88. The number of nitrogens with zero attached hydrogens (tertiary/aromatic N) is 3. The van der Waals surface area contributed by atoms with Crippen LogP contribution in [0.2, 0.25) is 0 Å². The van der Waals surface area contributed by atoms with Gasteiger partial charge in [-0.15, -0.1) is 0 Å². The minimum atomic E-state index is 0.0952. The van der Waals surface area contributed by atoms with E-state index in [0.29, 0.717) is 18.4 Å². The highest BCUT2D eigenvalue weighted by atomic mass is 16.5. The molecule has 2 aromatic rings. The van der Waals surface area contributed by atoms with Crippen molar-refractivity contribution in [1.29, 1.82) is 0 Å². The number of rotatable bonds is 4. The third-order valence-electron chi connectivity index (χ3n) is 5.27. The van der Waals surface area contributed by atoms with E-state index in [-0.39, 0.29) is 17.7 Å². The molecule has 1 saturated heterocycles. The number of benzene rings is 1. The van der Waals surface area contributed by atoms with Gasteiger partial charge in [0.25, 0.3) is 0 Å². The number of methoxy groups -OCH3 is 1. The second-order valence-corrected chi connectivity index (χ2v) is 7.02. The Morgan fingerprint density at radius 1 is 1.40 bits per heavy atom. The molecule has 0 bridgehead atoms. The third kappa shape index (κ3) is 3.25. The Kier molecular flexibility index (Phi) is 4.19. The molecule has 4 rings (SSSR count). The van der Waals surface area contributed by atoms with Gasteiger partial charge in [-0.05, 0) is 42.9 Å². The van der Waals surface area contributed by atoms with E-state index in [2.05, 4.69) is 16.2 Å². The number of ether oxygens (including phenoxy) is 1. The monoisotopic (exact) mass is 341 g/mol. The summed E-state index contributed by atoms with van der Waals surface area (Å²) in [6, 6.07) is 8.05. The molecule has 1 aromatic carbocycles. The van der Waals surface area contributed by atoms with E-state index in [1.54, 1.807) is 14.0 Å². The lowest BCUT2D eigenvalue weighted by molar-refractivity contribution is -0.133. The van der Waals surface area contributed by atoms with Crippen molar-refractivity contribution in [3.63, 3.8) is 0 Å². The number of aryl methyl sites for hydroxylation is 1. The van der Waals surface area contributed by atoms with Crippen LogP contribution >= 0.6 is 0 Å². The molecule has 1 aliphatic carbocycles. The molecule has 1 aromatic heterocycles. The van der Waals surface area contributed by atoms with Gasteiger partial charge in [-0.2, -0.15) is 4.98 Å². The number of carbonyl (C=O) groups excluding carboxylic acids is 1. The molecule has 0 spiro atoms. The van der Waals surface area contributed by atoms with Gasteiger partial charge < -0.3 is 14.2 Å². The van der Waals surface area contributed by atoms with Gasteiger partial charge in [0, 0.05) is 31.8 Å². The predicted molar refractivity (Wildman–Crippen MR) is 91.4 cm³/mol. The normalized spacial score (nSPS) is 25.7. The van der Waals surface area contributed by atoms with Crippen molar-refractivity contribution in [3.8, 4) is 5.75 Å². The number of likely N-dealkylation sites (tertiary alicyclic amines) is 1. The number of aromatic nitrogens is 2. The first-order valence-electron chi connectivity index (χ1n) is 8.88. The number of hydrogen-bond acceptors (Lipinski definition) is 5. The lowest BCUT2D eigenvalue weighted by Gasteiger charge is -2.31. The van der Waals surface area contributed by atoms with E-state index < -0.39 is 0 Å². The van der Waals surface area contributed by atoms with Crippen LogP contribution in [0.4, 0.5) is 0 Å². The molecular weight excluding hydrogens is 318 g/mol. The Balaban J connectivity index is 1.41. The topological polar surface area (TPSA) is 68.5 Å². The fourth-order valence-corrected chi connectivity index (χ4v) is 3.81. The van der Waals surface area contributed by atoms with Crippen molar-refractivity contribution in [1.82, 2.24) is 15.0 Å². The second kappa shape index (κ2) is 6.50. The number of carbonyl (C=O) groups is 1. The van der Waals surface area contributed by atoms with Crippen molar-refractivity contribution in [2.24, 2.45) is 5.92 Å². The van der Waals surface area contributed by atoms with Crippen LogP contribution in [0.25, 0.3) is 0 Å². The number of piperidine rings is 1. The minimum Gasteiger partial charge on any atom is -0.497 e. The lowest BCUT2D eigenvalue weighted by atomic mass is 9.96. The molecule has 0 unspecified atom stereocenters. The van der Waals surface area contributed by atoms with E-state index >= 15 is 0 Å². The SMILES string of the molecule is COc1cccc([C@@H]2C[C@H]2C(=O)N2CCC[C@@H](c3noc(C)n3)C2)c1. The first kappa shape index (κ1) is 16.1. The zero-order chi connectivity index (χ0) is 17.4. The van der Waals surface area contributed by atoms with Crippen molar-refractivity contribution in [3.05, 3.63) is 41.5 Å². The highest BCUT2D eigenvalue weighted by Gasteiger charge is 2.46. The summed E-state index contributed by atoms with van der Waals surface area (Å²) in [6.45, 7) is 3.32. The zero-order valence-corrected chi connectivity index (χ0v) is 14.6. The van der Waals surface area contributed by atoms with Gasteiger partial charge in [-0.3, -0.25) is 4.79 Å². The van der Waals surface area contributed by atoms with E-state index in [1.807, 2.05) is 23.1 Å². The van der Waals surface area contributed by atoms with E-state index in [0.717, 1.165) is 37.4 Å². The zero-order valence-electron chi connectivity index (χ0n) is 14.6. The fraction of sp³-hybridized carbons (Fsp3) is 0.526. The van der Waals surface area contributed by atoms with E-state index in [4.69, 9.17) is 9.26 Å². The van der Waals surface area contributed by atoms with Crippen LogP contribution in [-0.4, -0.2) is 41.1 Å². The summed E-state index contributed by atoms with van der Waals surface area (Å²) in [4.78, 5) is 19.2. The van der Waals surface area contributed by atoms with Crippen molar-refractivity contribution in [2.45, 2.75) is 38.0 Å². The summed E-state index contributed by atoms with van der Waals surface area (Å²) >= 11 is 0. The van der Waals surface area contributed by atoms with E-state index in [9.17, 15) is 4.79 Å². The minimum absolute atomic E-state index is 0.0952. The number of hydrogen-bond donors (Lipinski definition) is 0. The molecule has 1 aliphatic heterocycles. The standard InChI is InChI=1S/C19H23N3O3/c1-12-20-18(21-25-12)14-6-4-8-22(11-14)19(23)17-10-16(17)13-5-3-7-15(9-13)24-2/h3,5,7,9,14,16-17H,4,6,8,10-11H2,1-2H3/t14-,16+,17-/m1/s1. The maximum absolute atomic E-state index is 12.9. The second-order valence-electron chi connectivity index (χ2n) is 7.02. The smallest absolute Gasteiger partial charge is 0.226 e. The Labute approximate surface area is 147 Å². The van der Waals surface area contributed by atoms with Gasteiger partial charge in [0.05, 0.1) is 7.11 Å². The van der Waals surface area contributed by atoms with Crippen LogP contribution < -0.4 is 4.74 Å². The van der Waals surface area contributed by atoms with Gasteiger partial charge >= 0.3 is 0 Å². The Bertz CT molecular complexity index is 773. The summed E-state index contributed by atoms with van der Waals surface area (Å²) in [5.74, 6) is 3.02. The molecule has 0 radical (unpaired) electrons. The summed E-state index contributed by atoms with van der Waals surface area (Å²) < 4.78 is 10.4. The van der Waals surface area contributed by atoms with Crippen molar-refractivity contribution >= 4 is 5.91 Å². The van der Waals surface area contributed by atoms with Crippen LogP contribution in [0, 0.1) is 12.8 Å². The maximum atomic E-state index is 12.9. The fourth-order valence-electron chi connectivity index (χ4n) is 3.81. The summed E-state index contributed by atoms with van der Waals surface area (Å²) in [6.07, 6.45) is 2.92. The van der Waals surface area contributed by atoms with Crippen molar-refractivity contribution in [2.75, 3.05) is 20.2 Å². The molecule has 1 amide bonds. The first-order chi connectivity index (χ1) is 12.2. The van der Waals surface area contributed by atoms with Crippen LogP contribution in [-0.2, 0) is 4.79 Å². The summed E-state index contributed by atoms with van der Waals surface area (Å²) in [5.41, 5.74) is 1.19. The van der Waals surface area contributed by atoms with Crippen LogP contribution in [0.15, 0.2) is 28.8 Å². The van der Waals surface area contributed by atoms with Gasteiger partial charge in [0.1, 0.15) is 5.75 Å². The molecular formula is C19H23N3O3. The average Bonchev–Trinajstić information content (AvgIpc) is 3.34. The highest BCUT2D eigenvalue weighted by molar-refractivity contribution is 5.83. The van der Waals surface area contributed by atoms with Gasteiger partial charge in [0.15, 0.2) is 5.82 Å². The molecule has 2 aliphatic rings. The van der Waals surface area contributed by atoms with Crippen molar-refractivity contribution < 1.29 is 14.1 Å². The Hall–Kier alpha value is -2.37. The molecule has 6 nitrogen and oxygen atoms in total. The maximum Gasteiger partial charge on any atom is 0.226 e. The van der Waals surface area contributed by atoms with Crippen LogP contribution in [0.3, 0.4) is 0 Å². The summed E-state index contributed by atoms with van der Waals surface area (Å²) in [5, 5.41) is 4.04. The van der Waals surface area contributed by atoms with Gasteiger partial charge in [-0.25, -0.2) is 0 Å². The molecule has 0 N–H and O–H groups in total. The predicted octanol–water partition coefficient (Wildman–Crippen LogP) is 2.90. The highest BCUT2D eigenvalue weighted by Crippen LogP contribution is 2.49. The van der Waals surface area contributed by atoms with Crippen LogP contribution in [0.1, 0.15) is 48.4 Å². The quantitative estimate of drug-likeness (QED) is 0.855. The molecule has 3 atom stereocenters. The third-order valence-corrected chi connectivity index (χ3v) is 5.27. The molecule has 2 fully saturated rings. The van der Waals surface area contributed by atoms with Gasteiger partial charge in [-0.1, -0.05) is 17.3 Å². The lowest BCUT2D eigenvalue weighted by Crippen LogP contribution is -2.40. The van der Waals surface area contributed by atoms with Gasteiger partial charge in [0.2, 0.25) is 11.8 Å². The molecule has 1 saturated carbocycles. The number of amides is 1. The molecule has 132 valence electrons. The summed E-state index contributed by atoms with van der Waals surface area (Å²) in [7, 11) is 1.67. The largest absolute Gasteiger partial charge is 0.497 e. The Morgan fingerprint density at radius 3 is 3.04 bits per heavy atom. The van der Waals surface area contributed by atoms with E-state index in [1.165, 1.54) is 5.56 Å². The molecule has 2 heterocycles. The van der Waals surface area contributed by atoms with Crippen LogP contribution in [0.5, 0.6) is 5.75 Å². The average molecular weight is 341 g/mol. The molecule has 6 heteroatoms.